The first kappa shape index (κ1) is 21.1. The Kier molecular flexibility index (Phi) is 5.95. The molecule has 1 aliphatic carbocycles. The number of methoxy groups -OCH3 is 1. The fourth-order valence-corrected chi connectivity index (χ4v) is 6.30. The molecule has 2 unspecified atom stereocenters. The minimum absolute atomic E-state index is 0.134. The molecule has 4 rings (SSSR count). The first-order valence-electron chi connectivity index (χ1n) is 11.7. The van der Waals surface area contributed by atoms with Crippen LogP contribution in [0, 0.1) is 5.41 Å². The van der Waals surface area contributed by atoms with E-state index in [1.807, 2.05) is 11.8 Å². The van der Waals surface area contributed by atoms with Crippen LogP contribution < -0.4 is 0 Å². The van der Waals surface area contributed by atoms with Crippen LogP contribution >= 0.6 is 0 Å². The van der Waals surface area contributed by atoms with Crippen LogP contribution in [0.1, 0.15) is 78.1 Å². The van der Waals surface area contributed by atoms with Gasteiger partial charge in [-0.2, -0.15) is 0 Å². The zero-order chi connectivity index (χ0) is 20.6. The Balaban J connectivity index is 1.34. The van der Waals surface area contributed by atoms with Gasteiger partial charge in [-0.25, -0.2) is 4.79 Å². The second-order valence-corrected chi connectivity index (χ2v) is 10.1. The summed E-state index contributed by atoms with van der Waals surface area (Å²) < 4.78 is 11.2. The first-order valence-corrected chi connectivity index (χ1v) is 11.7. The van der Waals surface area contributed by atoms with Gasteiger partial charge < -0.3 is 14.4 Å². The van der Waals surface area contributed by atoms with Gasteiger partial charge in [0, 0.05) is 44.7 Å². The third-order valence-electron chi connectivity index (χ3n) is 8.36. The van der Waals surface area contributed by atoms with Crippen LogP contribution in [-0.4, -0.2) is 72.2 Å². The van der Waals surface area contributed by atoms with E-state index in [9.17, 15) is 9.59 Å². The molecule has 6 heteroatoms. The SMILES string of the molecule is CCOC(=O)N1C2CCC1CC(N1CCC(OC)(C(=O)CC3(C)CCC3)CC1)C2. The van der Waals surface area contributed by atoms with E-state index in [0.29, 0.717) is 36.9 Å². The minimum Gasteiger partial charge on any atom is -0.450 e. The maximum Gasteiger partial charge on any atom is 0.410 e. The lowest BCUT2D eigenvalue weighted by Gasteiger charge is -2.48. The molecule has 0 aromatic heterocycles. The molecule has 0 aromatic rings. The highest BCUT2D eigenvalue weighted by molar-refractivity contribution is 5.88. The van der Waals surface area contributed by atoms with Crippen molar-refractivity contribution in [2.75, 3.05) is 26.8 Å². The van der Waals surface area contributed by atoms with Crippen molar-refractivity contribution in [3.8, 4) is 0 Å². The Bertz CT molecular complexity index is 610. The van der Waals surface area contributed by atoms with Crippen LogP contribution in [0.3, 0.4) is 0 Å². The quantitative estimate of drug-likeness (QED) is 0.672. The third kappa shape index (κ3) is 3.95. The molecule has 4 fully saturated rings. The van der Waals surface area contributed by atoms with Crippen molar-refractivity contribution in [1.82, 2.24) is 9.80 Å². The molecular formula is C23H38N2O4. The maximum atomic E-state index is 13.1. The Morgan fingerprint density at radius 1 is 1.00 bits per heavy atom. The molecule has 0 N–H and O–H groups in total. The van der Waals surface area contributed by atoms with Crippen LogP contribution in [0.2, 0.25) is 0 Å². The van der Waals surface area contributed by atoms with Crippen molar-refractivity contribution >= 4 is 11.9 Å². The summed E-state index contributed by atoms with van der Waals surface area (Å²) in [5.41, 5.74) is -0.376. The fourth-order valence-electron chi connectivity index (χ4n) is 6.30. The highest BCUT2D eigenvalue weighted by Gasteiger charge is 2.49. The smallest absolute Gasteiger partial charge is 0.410 e. The molecule has 0 aromatic carbocycles. The second-order valence-electron chi connectivity index (χ2n) is 10.1. The van der Waals surface area contributed by atoms with E-state index in [1.54, 1.807) is 7.11 Å². The number of likely N-dealkylation sites (tertiary alicyclic amines) is 1. The van der Waals surface area contributed by atoms with E-state index < -0.39 is 5.60 Å². The average molecular weight is 407 g/mol. The minimum atomic E-state index is -0.584. The summed E-state index contributed by atoms with van der Waals surface area (Å²) in [6.45, 7) is 6.39. The molecule has 4 aliphatic rings. The predicted octanol–water partition coefficient (Wildman–Crippen LogP) is 3.77. The number of hydrogen-bond donors (Lipinski definition) is 0. The van der Waals surface area contributed by atoms with Gasteiger partial charge >= 0.3 is 6.09 Å². The van der Waals surface area contributed by atoms with E-state index in [1.165, 1.54) is 19.3 Å². The molecule has 29 heavy (non-hydrogen) atoms. The molecule has 2 bridgehead atoms. The number of nitrogens with zero attached hydrogens (tertiary/aromatic N) is 2. The van der Waals surface area contributed by atoms with Crippen molar-refractivity contribution in [3.05, 3.63) is 0 Å². The van der Waals surface area contributed by atoms with Gasteiger partial charge in [0.05, 0.1) is 6.61 Å². The van der Waals surface area contributed by atoms with E-state index in [2.05, 4.69) is 11.8 Å². The Morgan fingerprint density at radius 3 is 2.10 bits per heavy atom. The number of fused-ring (bicyclic) bond motifs is 2. The van der Waals surface area contributed by atoms with Crippen LogP contribution in [0.4, 0.5) is 4.79 Å². The number of piperidine rings is 2. The van der Waals surface area contributed by atoms with Crippen LogP contribution in [0.5, 0.6) is 0 Å². The van der Waals surface area contributed by atoms with Crippen LogP contribution in [0.15, 0.2) is 0 Å². The molecule has 1 saturated carbocycles. The molecule has 3 heterocycles. The Morgan fingerprint density at radius 2 is 1.62 bits per heavy atom. The largest absolute Gasteiger partial charge is 0.450 e. The lowest BCUT2D eigenvalue weighted by Crippen LogP contribution is -2.57. The molecule has 164 valence electrons. The number of hydrogen-bond acceptors (Lipinski definition) is 5. The third-order valence-corrected chi connectivity index (χ3v) is 8.36. The number of rotatable bonds is 6. The predicted molar refractivity (Wildman–Crippen MR) is 111 cm³/mol. The van der Waals surface area contributed by atoms with Gasteiger partial charge in [0.1, 0.15) is 5.60 Å². The van der Waals surface area contributed by atoms with E-state index in [-0.39, 0.29) is 11.5 Å². The summed E-state index contributed by atoms with van der Waals surface area (Å²) in [4.78, 5) is 30.0. The maximum absolute atomic E-state index is 13.1. The Labute approximate surface area is 175 Å². The summed E-state index contributed by atoms with van der Waals surface area (Å²) in [5, 5.41) is 0. The summed E-state index contributed by atoms with van der Waals surface area (Å²) in [5.74, 6) is 0.319. The number of Topliss-reactive ketones (excluding diaryl/α,β-unsaturated/α-hetero) is 1. The van der Waals surface area contributed by atoms with Gasteiger partial charge in [-0.1, -0.05) is 13.3 Å². The van der Waals surface area contributed by atoms with Gasteiger partial charge in [0.25, 0.3) is 0 Å². The second kappa shape index (κ2) is 8.18. The number of amides is 1. The number of carbonyl (C=O) groups excluding carboxylic acids is 2. The number of ether oxygens (including phenoxy) is 2. The molecule has 6 nitrogen and oxygen atoms in total. The molecule has 0 spiro atoms. The summed E-state index contributed by atoms with van der Waals surface area (Å²) in [6.07, 6.45) is 9.97. The summed E-state index contributed by atoms with van der Waals surface area (Å²) in [7, 11) is 1.72. The van der Waals surface area contributed by atoms with Gasteiger partial charge in [-0.15, -0.1) is 0 Å². The van der Waals surface area contributed by atoms with Crippen molar-refractivity contribution in [2.45, 2.75) is 102 Å². The highest BCUT2D eigenvalue weighted by atomic mass is 16.6. The summed E-state index contributed by atoms with van der Waals surface area (Å²) >= 11 is 0. The van der Waals surface area contributed by atoms with E-state index >= 15 is 0 Å². The molecule has 3 saturated heterocycles. The molecule has 2 atom stereocenters. The van der Waals surface area contributed by atoms with E-state index in [0.717, 1.165) is 51.6 Å². The van der Waals surface area contributed by atoms with Crippen molar-refractivity contribution in [3.63, 3.8) is 0 Å². The lowest BCUT2D eigenvalue weighted by atomic mass is 9.65. The summed E-state index contributed by atoms with van der Waals surface area (Å²) in [6, 6.07) is 1.13. The lowest BCUT2D eigenvalue weighted by molar-refractivity contribution is -0.152. The molecular weight excluding hydrogens is 368 g/mol. The number of ketones is 1. The van der Waals surface area contributed by atoms with Gasteiger partial charge in [-0.3, -0.25) is 9.69 Å². The number of carbonyl (C=O) groups is 2. The van der Waals surface area contributed by atoms with Crippen LogP contribution in [-0.2, 0) is 14.3 Å². The van der Waals surface area contributed by atoms with Crippen molar-refractivity contribution in [1.29, 1.82) is 0 Å². The normalized spacial score (nSPS) is 33.2. The molecule has 0 radical (unpaired) electrons. The first-order chi connectivity index (χ1) is 13.9. The zero-order valence-electron chi connectivity index (χ0n) is 18.5. The van der Waals surface area contributed by atoms with Gasteiger partial charge in [0.15, 0.2) is 5.78 Å². The Hall–Kier alpha value is -1.14. The molecule has 1 amide bonds. The highest BCUT2D eigenvalue weighted by Crippen LogP contribution is 2.46. The zero-order valence-corrected chi connectivity index (χ0v) is 18.5. The topological polar surface area (TPSA) is 59.1 Å². The average Bonchev–Trinajstić information content (AvgIpc) is 2.96. The van der Waals surface area contributed by atoms with Crippen LogP contribution in [0.25, 0.3) is 0 Å². The van der Waals surface area contributed by atoms with Crippen molar-refractivity contribution in [2.24, 2.45) is 5.41 Å². The van der Waals surface area contributed by atoms with Gasteiger partial charge in [-0.05, 0) is 63.7 Å². The fraction of sp³-hybridized carbons (Fsp3) is 0.913. The molecule has 3 aliphatic heterocycles. The monoisotopic (exact) mass is 406 g/mol. The van der Waals surface area contributed by atoms with Gasteiger partial charge in [0.2, 0.25) is 0 Å². The standard InChI is InChI=1S/C23H38N2O4/c1-4-29-21(27)25-17-6-7-18(25)15-19(14-17)24-12-10-23(28-3,11-13-24)20(26)16-22(2)8-5-9-22/h17-19H,4-16H2,1-3H3. The van der Waals surface area contributed by atoms with Crippen molar-refractivity contribution < 1.29 is 19.1 Å². The van der Waals surface area contributed by atoms with E-state index in [4.69, 9.17) is 9.47 Å².